The number of hydrogen-bond acceptors (Lipinski definition) is 3. The van der Waals surface area contributed by atoms with Crippen LogP contribution in [0.25, 0.3) is 5.69 Å². The number of aromatic hydroxyl groups is 1. The molecule has 0 aliphatic rings. The summed E-state index contributed by atoms with van der Waals surface area (Å²) in [7, 11) is 0. The summed E-state index contributed by atoms with van der Waals surface area (Å²) in [5.74, 6) is -2.84. The highest BCUT2D eigenvalue weighted by Crippen LogP contribution is 2.27. The van der Waals surface area contributed by atoms with Crippen LogP contribution in [-0.2, 0) is 0 Å². The van der Waals surface area contributed by atoms with Gasteiger partial charge in [0.1, 0.15) is 11.5 Å². The van der Waals surface area contributed by atoms with Gasteiger partial charge in [0.25, 0.3) is 5.56 Å². The molecule has 1 aromatic carbocycles. The summed E-state index contributed by atoms with van der Waals surface area (Å²) in [6.45, 7) is 1.24. The van der Waals surface area contributed by atoms with Crippen LogP contribution in [0.4, 0.5) is 8.78 Å². The topological polar surface area (TPSA) is 75.1 Å². The normalized spacial score (nSPS) is 10.7. The van der Waals surface area contributed by atoms with Crippen LogP contribution in [0.3, 0.4) is 0 Å². The number of benzene rings is 1. The van der Waals surface area contributed by atoms with Crippen LogP contribution in [0, 0.1) is 18.6 Å². The van der Waals surface area contributed by atoms with E-state index in [1.54, 1.807) is 0 Å². The van der Waals surface area contributed by atoms with Gasteiger partial charge in [0, 0.05) is 6.07 Å². The van der Waals surface area contributed by atoms with Gasteiger partial charge in [0.2, 0.25) is 5.88 Å². The van der Waals surface area contributed by atoms with Gasteiger partial charge in [0.15, 0.2) is 5.82 Å². The van der Waals surface area contributed by atoms with E-state index in [1.165, 1.54) is 6.92 Å². The molecular weight excluding hydrogens is 282 g/mol. The monoisotopic (exact) mass is 288 g/mol. The predicted molar refractivity (Wildman–Crippen MR) is 64.0 cm³/mol. The third-order valence-electron chi connectivity index (χ3n) is 2.52. The number of hydrogen-bond donors (Lipinski definition) is 2. The maximum atomic E-state index is 13.7. The van der Waals surface area contributed by atoms with E-state index < -0.39 is 39.5 Å². The molecule has 8 heteroatoms. The average molecular weight is 289 g/mol. The van der Waals surface area contributed by atoms with Crippen molar-refractivity contribution in [3.63, 3.8) is 0 Å². The fraction of sp³-hybridized carbons (Fsp3) is 0.0909. The molecule has 0 aliphatic heterocycles. The Morgan fingerprint density at radius 3 is 2.53 bits per heavy atom. The van der Waals surface area contributed by atoms with Crippen LogP contribution in [-0.4, -0.2) is 14.7 Å². The summed E-state index contributed by atoms with van der Waals surface area (Å²) >= 11 is 5.66. The lowest BCUT2D eigenvalue weighted by Crippen LogP contribution is -2.31. The van der Waals surface area contributed by atoms with E-state index in [1.807, 2.05) is 4.98 Å². The molecule has 19 heavy (non-hydrogen) atoms. The number of halogens is 3. The summed E-state index contributed by atoms with van der Waals surface area (Å²) in [6.07, 6.45) is 0. The molecule has 0 atom stereocenters. The van der Waals surface area contributed by atoms with E-state index in [0.717, 1.165) is 6.07 Å². The molecule has 100 valence electrons. The van der Waals surface area contributed by atoms with Gasteiger partial charge in [-0.25, -0.2) is 18.1 Å². The zero-order chi connectivity index (χ0) is 14.3. The molecule has 0 bridgehead atoms. The van der Waals surface area contributed by atoms with Crippen molar-refractivity contribution in [3.05, 3.63) is 55.2 Å². The minimum atomic E-state index is -1.14. The highest BCUT2D eigenvalue weighted by Gasteiger charge is 2.19. The second-order valence-corrected chi connectivity index (χ2v) is 4.17. The van der Waals surface area contributed by atoms with Crippen molar-refractivity contribution in [3.8, 4) is 11.6 Å². The largest absolute Gasteiger partial charge is 0.494 e. The van der Waals surface area contributed by atoms with Crippen LogP contribution in [0.15, 0.2) is 21.7 Å². The van der Waals surface area contributed by atoms with Crippen molar-refractivity contribution in [1.29, 1.82) is 0 Å². The first-order valence-corrected chi connectivity index (χ1v) is 5.40. The molecule has 1 heterocycles. The zero-order valence-electron chi connectivity index (χ0n) is 9.50. The number of aromatic amines is 1. The first-order chi connectivity index (χ1) is 8.82. The van der Waals surface area contributed by atoms with E-state index in [2.05, 4.69) is 0 Å². The lowest BCUT2D eigenvalue weighted by Gasteiger charge is -2.12. The molecule has 0 aliphatic carbocycles. The SMILES string of the molecule is Cc1c(O)n(-c2c(F)cc(F)cc2Cl)c(=O)[nH]c1=O. The molecule has 2 N–H and O–H groups in total. The van der Waals surface area contributed by atoms with Crippen LogP contribution in [0.5, 0.6) is 5.88 Å². The predicted octanol–water partition coefficient (Wildman–Crippen LogP) is 1.47. The Bertz CT molecular complexity index is 759. The lowest BCUT2D eigenvalue weighted by molar-refractivity contribution is 0.422. The third kappa shape index (κ3) is 2.12. The number of H-pyrrole nitrogens is 1. The van der Waals surface area contributed by atoms with Gasteiger partial charge in [-0.15, -0.1) is 0 Å². The van der Waals surface area contributed by atoms with Crippen molar-refractivity contribution in [2.75, 3.05) is 0 Å². The van der Waals surface area contributed by atoms with E-state index >= 15 is 0 Å². The van der Waals surface area contributed by atoms with Gasteiger partial charge in [-0.05, 0) is 13.0 Å². The van der Waals surface area contributed by atoms with E-state index in [0.29, 0.717) is 10.6 Å². The van der Waals surface area contributed by atoms with Gasteiger partial charge in [-0.3, -0.25) is 9.78 Å². The molecular formula is C11H7ClF2N2O3. The molecule has 1 aromatic heterocycles. The molecule has 5 nitrogen and oxygen atoms in total. The summed E-state index contributed by atoms with van der Waals surface area (Å²) < 4.78 is 27.1. The fourth-order valence-electron chi connectivity index (χ4n) is 1.57. The smallest absolute Gasteiger partial charge is 0.335 e. The molecule has 0 fully saturated rings. The van der Waals surface area contributed by atoms with Gasteiger partial charge >= 0.3 is 5.69 Å². The highest BCUT2D eigenvalue weighted by molar-refractivity contribution is 6.32. The van der Waals surface area contributed by atoms with Crippen LogP contribution < -0.4 is 11.2 Å². The second kappa shape index (κ2) is 4.51. The Hall–Kier alpha value is -2.15. The van der Waals surface area contributed by atoms with Crippen molar-refractivity contribution in [2.24, 2.45) is 0 Å². The highest BCUT2D eigenvalue weighted by atomic mass is 35.5. The summed E-state index contributed by atoms with van der Waals surface area (Å²) in [4.78, 5) is 24.8. The third-order valence-corrected chi connectivity index (χ3v) is 2.80. The quantitative estimate of drug-likeness (QED) is 0.834. The standard InChI is InChI=1S/C11H7ClF2N2O3/c1-4-9(17)15-11(19)16(10(4)18)8-6(12)2-5(13)3-7(8)14/h2-3,18H,1H3,(H,15,17,19). The van der Waals surface area contributed by atoms with Gasteiger partial charge in [0.05, 0.1) is 10.6 Å². The second-order valence-electron chi connectivity index (χ2n) is 3.76. The summed E-state index contributed by atoms with van der Waals surface area (Å²) in [5, 5.41) is 9.34. The Morgan fingerprint density at radius 2 is 1.95 bits per heavy atom. The molecule has 0 spiro atoms. The maximum Gasteiger partial charge on any atom is 0.335 e. The molecule has 2 rings (SSSR count). The Balaban J connectivity index is 2.92. The lowest BCUT2D eigenvalue weighted by atomic mass is 10.2. The minimum Gasteiger partial charge on any atom is -0.494 e. The molecule has 0 unspecified atom stereocenters. The molecule has 0 radical (unpaired) electrons. The molecule has 0 saturated heterocycles. The van der Waals surface area contributed by atoms with Crippen LogP contribution in [0.1, 0.15) is 5.56 Å². The van der Waals surface area contributed by atoms with Crippen molar-refractivity contribution < 1.29 is 13.9 Å². The van der Waals surface area contributed by atoms with E-state index in [9.17, 15) is 23.5 Å². The Labute approximate surface area is 109 Å². The molecule has 0 amide bonds. The van der Waals surface area contributed by atoms with Crippen molar-refractivity contribution in [1.82, 2.24) is 9.55 Å². The first kappa shape index (κ1) is 13.3. The Morgan fingerprint density at radius 1 is 1.32 bits per heavy atom. The minimum absolute atomic E-state index is 0.195. The fourth-order valence-corrected chi connectivity index (χ4v) is 1.85. The number of aromatic nitrogens is 2. The first-order valence-electron chi connectivity index (χ1n) is 5.02. The summed E-state index contributed by atoms with van der Waals surface area (Å²) in [5.41, 5.74) is -2.62. The maximum absolute atomic E-state index is 13.7. The van der Waals surface area contributed by atoms with Crippen LogP contribution in [0.2, 0.25) is 5.02 Å². The Kier molecular flexibility index (Phi) is 3.15. The van der Waals surface area contributed by atoms with Gasteiger partial charge in [-0.2, -0.15) is 0 Å². The average Bonchev–Trinajstić information content (AvgIpc) is 2.29. The molecule has 0 saturated carbocycles. The number of nitrogens with one attached hydrogen (secondary N) is 1. The van der Waals surface area contributed by atoms with Gasteiger partial charge in [-0.1, -0.05) is 11.6 Å². The number of nitrogens with zero attached hydrogens (tertiary/aromatic N) is 1. The van der Waals surface area contributed by atoms with Crippen LogP contribution >= 0.6 is 11.6 Å². The van der Waals surface area contributed by atoms with Crippen molar-refractivity contribution >= 4 is 11.6 Å². The van der Waals surface area contributed by atoms with E-state index in [-0.39, 0.29) is 5.56 Å². The van der Waals surface area contributed by atoms with Gasteiger partial charge < -0.3 is 5.11 Å². The number of rotatable bonds is 1. The molecule has 2 aromatic rings. The summed E-state index contributed by atoms with van der Waals surface area (Å²) in [6, 6.07) is 1.29. The van der Waals surface area contributed by atoms with Crippen molar-refractivity contribution in [2.45, 2.75) is 6.92 Å². The zero-order valence-corrected chi connectivity index (χ0v) is 10.3. The van der Waals surface area contributed by atoms with E-state index in [4.69, 9.17) is 11.6 Å².